The zero-order valence-electron chi connectivity index (χ0n) is 10.3. The maximum Gasteiger partial charge on any atom is 0.191 e. The molecule has 0 spiro atoms. The van der Waals surface area contributed by atoms with Gasteiger partial charge in [0.15, 0.2) is 5.96 Å². The Morgan fingerprint density at radius 3 is 2.83 bits per heavy atom. The van der Waals surface area contributed by atoms with Crippen molar-refractivity contribution in [3.63, 3.8) is 0 Å². The molecule has 6 heteroatoms. The molecule has 0 unspecified atom stereocenters. The van der Waals surface area contributed by atoms with Gasteiger partial charge in [0, 0.05) is 19.3 Å². The lowest BCUT2D eigenvalue weighted by Crippen LogP contribution is -2.37. The van der Waals surface area contributed by atoms with E-state index in [4.69, 9.17) is 11.6 Å². The molecular formula is C12H18ClIN4. The third kappa shape index (κ3) is 6.80. The average Bonchev–Trinajstić information content (AvgIpc) is 2.35. The molecule has 0 aliphatic rings. The number of guanidine groups is 1. The highest BCUT2D eigenvalue weighted by molar-refractivity contribution is 14.0. The molecule has 0 saturated heterocycles. The van der Waals surface area contributed by atoms with Crippen molar-refractivity contribution in [2.45, 2.75) is 13.5 Å². The minimum Gasteiger partial charge on any atom is -0.357 e. The van der Waals surface area contributed by atoms with Gasteiger partial charge >= 0.3 is 0 Å². The Kier molecular flexibility index (Phi) is 9.67. The molecule has 0 aliphatic carbocycles. The zero-order valence-corrected chi connectivity index (χ0v) is 13.4. The van der Waals surface area contributed by atoms with Crippen LogP contribution in [0.2, 0.25) is 5.15 Å². The molecule has 18 heavy (non-hydrogen) atoms. The summed E-state index contributed by atoms with van der Waals surface area (Å²) in [5.41, 5.74) is 1.02. The second kappa shape index (κ2) is 10.1. The maximum atomic E-state index is 5.71. The summed E-state index contributed by atoms with van der Waals surface area (Å²) in [6.45, 7) is 7.75. The lowest BCUT2D eigenvalue weighted by molar-refractivity contribution is 0.859. The van der Waals surface area contributed by atoms with Crippen molar-refractivity contribution in [3.05, 3.63) is 41.7 Å². The topological polar surface area (TPSA) is 49.3 Å². The van der Waals surface area contributed by atoms with Gasteiger partial charge in [-0.3, -0.25) is 0 Å². The molecule has 0 radical (unpaired) electrons. The van der Waals surface area contributed by atoms with Crippen LogP contribution in [0.1, 0.15) is 12.5 Å². The van der Waals surface area contributed by atoms with Crippen LogP contribution in [0, 0.1) is 0 Å². The van der Waals surface area contributed by atoms with Gasteiger partial charge in [0.2, 0.25) is 0 Å². The van der Waals surface area contributed by atoms with Crippen LogP contribution >= 0.6 is 35.6 Å². The first-order valence-electron chi connectivity index (χ1n) is 5.49. The quantitative estimate of drug-likeness (QED) is 0.271. The van der Waals surface area contributed by atoms with Crippen molar-refractivity contribution in [2.24, 2.45) is 4.99 Å². The van der Waals surface area contributed by atoms with Crippen molar-refractivity contribution in [1.29, 1.82) is 0 Å². The number of aromatic nitrogens is 1. The third-order valence-corrected chi connectivity index (χ3v) is 2.19. The standard InChI is InChI=1S/C12H17ClN4.HI/c1-3-7-15-12(14-4-2)17-9-10-5-6-11(13)16-8-10;/h3,5-6,8H,1,4,7,9H2,2H3,(H2,14,15,17);1H. The third-order valence-electron chi connectivity index (χ3n) is 1.97. The summed E-state index contributed by atoms with van der Waals surface area (Å²) in [4.78, 5) is 8.42. The molecule has 0 bridgehead atoms. The Balaban J connectivity index is 0.00000289. The molecule has 1 aromatic rings. The number of nitrogens with zero attached hydrogens (tertiary/aromatic N) is 2. The van der Waals surface area contributed by atoms with E-state index >= 15 is 0 Å². The fourth-order valence-corrected chi connectivity index (χ4v) is 1.29. The summed E-state index contributed by atoms with van der Waals surface area (Å²) < 4.78 is 0. The Labute approximate surface area is 130 Å². The Morgan fingerprint density at radius 1 is 1.50 bits per heavy atom. The first-order chi connectivity index (χ1) is 8.26. The predicted octanol–water partition coefficient (Wildman–Crippen LogP) is 2.59. The van der Waals surface area contributed by atoms with Crippen LogP contribution < -0.4 is 10.6 Å². The second-order valence-electron chi connectivity index (χ2n) is 3.35. The van der Waals surface area contributed by atoms with Gasteiger partial charge in [-0.25, -0.2) is 9.98 Å². The van der Waals surface area contributed by atoms with E-state index in [9.17, 15) is 0 Å². The van der Waals surface area contributed by atoms with E-state index in [0.717, 1.165) is 18.1 Å². The SMILES string of the molecule is C=CCNC(=NCc1ccc(Cl)nc1)NCC.I. The van der Waals surface area contributed by atoms with E-state index in [1.807, 2.05) is 13.0 Å². The van der Waals surface area contributed by atoms with E-state index < -0.39 is 0 Å². The summed E-state index contributed by atoms with van der Waals surface area (Å²) in [6.07, 6.45) is 3.51. The molecule has 0 atom stereocenters. The van der Waals surface area contributed by atoms with Crippen molar-refractivity contribution in [3.8, 4) is 0 Å². The van der Waals surface area contributed by atoms with Gasteiger partial charge in [-0.15, -0.1) is 30.6 Å². The van der Waals surface area contributed by atoms with Gasteiger partial charge < -0.3 is 10.6 Å². The minimum atomic E-state index is 0. The lowest BCUT2D eigenvalue weighted by Gasteiger charge is -2.09. The van der Waals surface area contributed by atoms with Crippen LogP contribution in [0.15, 0.2) is 36.0 Å². The van der Waals surface area contributed by atoms with Crippen molar-refractivity contribution in [2.75, 3.05) is 13.1 Å². The summed E-state index contributed by atoms with van der Waals surface area (Å²) in [5.74, 6) is 0.766. The largest absolute Gasteiger partial charge is 0.357 e. The average molecular weight is 381 g/mol. The van der Waals surface area contributed by atoms with E-state index in [-0.39, 0.29) is 24.0 Å². The summed E-state index contributed by atoms with van der Waals surface area (Å²) in [6, 6.07) is 3.67. The highest BCUT2D eigenvalue weighted by atomic mass is 127. The van der Waals surface area contributed by atoms with Gasteiger partial charge in [-0.2, -0.15) is 0 Å². The molecule has 1 rings (SSSR count). The van der Waals surface area contributed by atoms with Crippen molar-refractivity contribution < 1.29 is 0 Å². The number of halogens is 2. The number of hydrogen-bond acceptors (Lipinski definition) is 2. The number of hydrogen-bond donors (Lipinski definition) is 2. The molecule has 0 fully saturated rings. The molecular weight excluding hydrogens is 363 g/mol. The maximum absolute atomic E-state index is 5.71. The minimum absolute atomic E-state index is 0. The highest BCUT2D eigenvalue weighted by Gasteiger charge is 1.96. The fraction of sp³-hybridized carbons (Fsp3) is 0.333. The van der Waals surface area contributed by atoms with E-state index in [1.54, 1.807) is 18.3 Å². The fourth-order valence-electron chi connectivity index (χ4n) is 1.18. The predicted molar refractivity (Wildman–Crippen MR) is 87.7 cm³/mol. The van der Waals surface area contributed by atoms with Crippen molar-refractivity contribution >= 4 is 41.5 Å². The van der Waals surface area contributed by atoms with Gasteiger partial charge in [-0.05, 0) is 18.6 Å². The van der Waals surface area contributed by atoms with Gasteiger partial charge in [0.1, 0.15) is 5.15 Å². The van der Waals surface area contributed by atoms with E-state index in [2.05, 4.69) is 27.2 Å². The van der Waals surface area contributed by atoms with Crippen LogP contribution in [0.5, 0.6) is 0 Å². The monoisotopic (exact) mass is 380 g/mol. The van der Waals surface area contributed by atoms with Crippen LogP contribution in [0.25, 0.3) is 0 Å². The summed E-state index contributed by atoms with van der Waals surface area (Å²) in [7, 11) is 0. The second-order valence-corrected chi connectivity index (χ2v) is 3.74. The first kappa shape index (κ1) is 17.2. The zero-order chi connectivity index (χ0) is 12.5. The number of pyridine rings is 1. The molecule has 4 nitrogen and oxygen atoms in total. The van der Waals surface area contributed by atoms with E-state index in [1.165, 1.54) is 0 Å². The molecule has 1 heterocycles. The Bertz CT molecular complexity index is 378. The highest BCUT2D eigenvalue weighted by Crippen LogP contribution is 2.05. The van der Waals surface area contributed by atoms with Gasteiger partial charge in [0.25, 0.3) is 0 Å². The number of rotatable bonds is 5. The molecule has 1 aromatic heterocycles. The molecule has 0 amide bonds. The normalized spacial score (nSPS) is 10.4. The molecule has 0 saturated carbocycles. The number of nitrogens with one attached hydrogen (secondary N) is 2. The Hall–Kier alpha value is -0.820. The van der Waals surface area contributed by atoms with Gasteiger partial charge in [-0.1, -0.05) is 23.7 Å². The smallest absolute Gasteiger partial charge is 0.191 e. The van der Waals surface area contributed by atoms with Crippen LogP contribution in [0.4, 0.5) is 0 Å². The summed E-state index contributed by atoms with van der Waals surface area (Å²) in [5, 5.41) is 6.76. The summed E-state index contributed by atoms with van der Waals surface area (Å²) >= 11 is 5.71. The van der Waals surface area contributed by atoms with Crippen molar-refractivity contribution in [1.82, 2.24) is 15.6 Å². The van der Waals surface area contributed by atoms with Crippen LogP contribution in [-0.4, -0.2) is 24.0 Å². The number of aliphatic imine (C=N–C) groups is 1. The first-order valence-corrected chi connectivity index (χ1v) is 5.87. The van der Waals surface area contributed by atoms with Crippen LogP contribution in [-0.2, 0) is 6.54 Å². The van der Waals surface area contributed by atoms with Gasteiger partial charge in [0.05, 0.1) is 6.54 Å². The molecule has 0 aliphatic heterocycles. The van der Waals surface area contributed by atoms with E-state index in [0.29, 0.717) is 18.2 Å². The Morgan fingerprint density at radius 2 is 2.28 bits per heavy atom. The molecule has 2 N–H and O–H groups in total. The van der Waals surface area contributed by atoms with Crippen LogP contribution in [0.3, 0.4) is 0 Å². The molecule has 100 valence electrons. The molecule has 0 aromatic carbocycles. The lowest BCUT2D eigenvalue weighted by atomic mass is 10.3.